The smallest absolute Gasteiger partial charge is 0.0163 e. The second-order valence-corrected chi connectivity index (χ2v) is 6.03. The van der Waals surface area contributed by atoms with E-state index in [0.29, 0.717) is 5.41 Å². The van der Waals surface area contributed by atoms with Gasteiger partial charge in [-0.2, -0.15) is 0 Å². The fourth-order valence-electron chi connectivity index (χ4n) is 1.81. The van der Waals surface area contributed by atoms with E-state index in [1.165, 1.54) is 16.7 Å². The van der Waals surface area contributed by atoms with Crippen LogP contribution in [0, 0.1) is 5.41 Å². The molecule has 0 atom stereocenters. The number of allylic oxidation sites excluding steroid dienone is 6. The summed E-state index contributed by atoms with van der Waals surface area (Å²) in [5.74, 6) is 0. The predicted molar refractivity (Wildman–Crippen MR) is 80.3 cm³/mol. The quantitative estimate of drug-likeness (QED) is 0.400. The van der Waals surface area contributed by atoms with Gasteiger partial charge in [0.25, 0.3) is 0 Å². The van der Waals surface area contributed by atoms with Crippen molar-refractivity contribution in [2.45, 2.75) is 67.7 Å². The van der Waals surface area contributed by atoms with Crippen LogP contribution in [0.5, 0.6) is 0 Å². The van der Waals surface area contributed by atoms with Crippen molar-refractivity contribution in [2.24, 2.45) is 5.41 Å². The Labute approximate surface area is 109 Å². The Balaban J connectivity index is 5.05. The van der Waals surface area contributed by atoms with Crippen LogP contribution in [0.2, 0.25) is 0 Å². The molecular weight excluding hydrogens is 204 g/mol. The van der Waals surface area contributed by atoms with Gasteiger partial charge in [0.05, 0.1) is 0 Å². The lowest BCUT2D eigenvalue weighted by Crippen LogP contribution is -2.07. The van der Waals surface area contributed by atoms with Crippen LogP contribution < -0.4 is 0 Å². The molecule has 0 spiro atoms. The average molecular weight is 234 g/mol. The van der Waals surface area contributed by atoms with Crippen LogP contribution in [-0.4, -0.2) is 0 Å². The van der Waals surface area contributed by atoms with Crippen molar-refractivity contribution in [1.82, 2.24) is 0 Å². The van der Waals surface area contributed by atoms with Crippen LogP contribution in [0.1, 0.15) is 67.7 Å². The highest BCUT2D eigenvalue weighted by molar-refractivity contribution is 5.34. The van der Waals surface area contributed by atoms with Crippen LogP contribution >= 0.6 is 0 Å². The maximum Gasteiger partial charge on any atom is -0.0163 e. The molecule has 0 rings (SSSR count). The molecule has 98 valence electrons. The first-order chi connectivity index (χ1) is 7.81. The molecule has 0 heteroatoms. The van der Waals surface area contributed by atoms with Gasteiger partial charge in [-0.1, -0.05) is 51.5 Å². The van der Waals surface area contributed by atoms with E-state index in [2.05, 4.69) is 66.7 Å². The summed E-state index contributed by atoms with van der Waals surface area (Å²) < 4.78 is 0. The molecule has 0 saturated heterocycles. The molecule has 0 heterocycles. The highest BCUT2D eigenvalue weighted by Gasteiger charge is 2.14. The van der Waals surface area contributed by atoms with E-state index in [-0.39, 0.29) is 0 Å². The molecule has 0 nitrogen and oxygen atoms in total. The maximum absolute atomic E-state index is 2.39. The molecular formula is C17H30. The van der Waals surface area contributed by atoms with Gasteiger partial charge in [0.2, 0.25) is 0 Å². The average Bonchev–Trinajstić information content (AvgIpc) is 2.24. The maximum atomic E-state index is 2.39. The van der Waals surface area contributed by atoms with Crippen molar-refractivity contribution in [3.63, 3.8) is 0 Å². The second-order valence-electron chi connectivity index (χ2n) is 6.03. The van der Waals surface area contributed by atoms with Gasteiger partial charge < -0.3 is 0 Å². The monoisotopic (exact) mass is 234 g/mol. The largest absolute Gasteiger partial charge is 0.0914 e. The van der Waals surface area contributed by atoms with Crippen LogP contribution in [0.25, 0.3) is 0 Å². The van der Waals surface area contributed by atoms with E-state index < -0.39 is 0 Å². The molecule has 17 heavy (non-hydrogen) atoms. The van der Waals surface area contributed by atoms with Gasteiger partial charge in [-0.15, -0.1) is 0 Å². The normalized spacial score (nSPS) is 15.4. The molecule has 0 saturated carbocycles. The van der Waals surface area contributed by atoms with E-state index in [9.17, 15) is 0 Å². The van der Waals surface area contributed by atoms with Gasteiger partial charge in [-0.3, -0.25) is 0 Å². The Kier molecular flexibility index (Phi) is 7.18. The molecule has 0 aromatic heterocycles. The zero-order valence-corrected chi connectivity index (χ0v) is 12.9. The Hall–Kier alpha value is -0.780. The van der Waals surface area contributed by atoms with Crippen LogP contribution in [-0.2, 0) is 0 Å². The SMILES string of the molecule is CC=CCC=C(CC(C)(C)C)C(C)=C(C)CC. The van der Waals surface area contributed by atoms with E-state index in [1.807, 2.05) is 0 Å². The van der Waals surface area contributed by atoms with Gasteiger partial charge >= 0.3 is 0 Å². The first-order valence-electron chi connectivity index (χ1n) is 6.78. The van der Waals surface area contributed by atoms with Gasteiger partial charge in [0, 0.05) is 0 Å². The fraction of sp³-hybridized carbons (Fsp3) is 0.647. The van der Waals surface area contributed by atoms with Crippen molar-refractivity contribution in [3.8, 4) is 0 Å². The second kappa shape index (κ2) is 7.53. The lowest BCUT2D eigenvalue weighted by atomic mass is 9.83. The minimum absolute atomic E-state index is 0.358. The van der Waals surface area contributed by atoms with Crippen molar-refractivity contribution in [3.05, 3.63) is 34.9 Å². The zero-order valence-electron chi connectivity index (χ0n) is 12.9. The summed E-state index contributed by atoms with van der Waals surface area (Å²) in [5.41, 5.74) is 4.89. The molecule has 0 bridgehead atoms. The third kappa shape index (κ3) is 7.20. The molecule has 0 aliphatic rings. The lowest BCUT2D eigenvalue weighted by molar-refractivity contribution is 0.411. The lowest BCUT2D eigenvalue weighted by Gasteiger charge is -2.22. The molecule has 0 N–H and O–H groups in total. The van der Waals surface area contributed by atoms with Gasteiger partial charge in [0.1, 0.15) is 0 Å². The topological polar surface area (TPSA) is 0 Å². The first-order valence-corrected chi connectivity index (χ1v) is 6.78. The van der Waals surface area contributed by atoms with E-state index in [1.54, 1.807) is 0 Å². The summed E-state index contributed by atoms with van der Waals surface area (Å²) in [4.78, 5) is 0. The molecule has 0 fully saturated rings. The third-order valence-electron chi connectivity index (χ3n) is 3.11. The van der Waals surface area contributed by atoms with Crippen molar-refractivity contribution < 1.29 is 0 Å². The van der Waals surface area contributed by atoms with E-state index in [0.717, 1.165) is 19.3 Å². The summed E-state index contributed by atoms with van der Waals surface area (Å²) in [5, 5.41) is 0. The highest BCUT2D eigenvalue weighted by atomic mass is 14.2. The standard InChI is InChI=1S/C17H30/c1-8-10-11-12-16(13-17(5,6)7)15(4)14(3)9-2/h8,10,12H,9,11,13H2,1-7H3. The highest BCUT2D eigenvalue weighted by Crippen LogP contribution is 2.30. The fourth-order valence-corrected chi connectivity index (χ4v) is 1.81. The molecule has 0 radical (unpaired) electrons. The number of hydrogen-bond acceptors (Lipinski definition) is 0. The van der Waals surface area contributed by atoms with Crippen LogP contribution in [0.3, 0.4) is 0 Å². The summed E-state index contributed by atoms with van der Waals surface area (Å²) >= 11 is 0. The summed E-state index contributed by atoms with van der Waals surface area (Å²) in [6.07, 6.45) is 10.1. The Morgan fingerprint density at radius 1 is 1.12 bits per heavy atom. The molecule has 0 aliphatic carbocycles. The van der Waals surface area contributed by atoms with Gasteiger partial charge in [0.15, 0.2) is 0 Å². The third-order valence-corrected chi connectivity index (χ3v) is 3.11. The van der Waals surface area contributed by atoms with E-state index in [4.69, 9.17) is 0 Å². The molecule has 0 aromatic rings. The van der Waals surface area contributed by atoms with Crippen molar-refractivity contribution in [2.75, 3.05) is 0 Å². The van der Waals surface area contributed by atoms with Crippen LogP contribution in [0.4, 0.5) is 0 Å². The summed E-state index contributed by atoms with van der Waals surface area (Å²) in [7, 11) is 0. The molecule has 0 aromatic carbocycles. The number of hydrogen-bond donors (Lipinski definition) is 0. The molecule has 0 amide bonds. The Morgan fingerprint density at radius 2 is 1.71 bits per heavy atom. The first kappa shape index (κ1) is 16.2. The summed E-state index contributed by atoms with van der Waals surface area (Å²) in [6, 6.07) is 0. The Morgan fingerprint density at radius 3 is 2.12 bits per heavy atom. The van der Waals surface area contributed by atoms with Crippen molar-refractivity contribution in [1.29, 1.82) is 0 Å². The van der Waals surface area contributed by atoms with Crippen LogP contribution in [0.15, 0.2) is 34.9 Å². The van der Waals surface area contributed by atoms with E-state index >= 15 is 0 Å². The predicted octanol–water partition coefficient (Wildman–Crippen LogP) is 6.06. The molecule has 0 unspecified atom stereocenters. The molecule has 0 aliphatic heterocycles. The van der Waals surface area contributed by atoms with Crippen molar-refractivity contribution >= 4 is 0 Å². The zero-order chi connectivity index (χ0) is 13.5. The number of rotatable bonds is 5. The minimum Gasteiger partial charge on any atom is -0.0914 e. The summed E-state index contributed by atoms with van der Waals surface area (Å²) in [6.45, 7) is 15.8. The van der Waals surface area contributed by atoms with Gasteiger partial charge in [-0.05, 0) is 56.6 Å². The van der Waals surface area contributed by atoms with Gasteiger partial charge in [-0.25, -0.2) is 0 Å². The minimum atomic E-state index is 0.358. The Bertz CT molecular complexity index is 305.